The van der Waals surface area contributed by atoms with Crippen LogP contribution in [0.4, 0.5) is 17.1 Å². The maximum absolute atomic E-state index is 11.8. The van der Waals surface area contributed by atoms with E-state index in [4.69, 9.17) is 0 Å². The summed E-state index contributed by atoms with van der Waals surface area (Å²) in [4.78, 5) is 27.5. The summed E-state index contributed by atoms with van der Waals surface area (Å²) < 4.78 is 0. The lowest BCUT2D eigenvalue weighted by atomic mass is 10.1. The topological polar surface area (TPSA) is 71.1 Å². The zero-order valence-corrected chi connectivity index (χ0v) is 12.0. The summed E-state index contributed by atoms with van der Waals surface area (Å²) in [6.07, 6.45) is 3.24. The first kappa shape index (κ1) is 14.0. The Kier molecular flexibility index (Phi) is 3.70. The van der Waals surface area contributed by atoms with Crippen LogP contribution in [0.1, 0.15) is 18.5 Å². The fourth-order valence-electron chi connectivity index (χ4n) is 2.27. The van der Waals surface area contributed by atoms with Crippen molar-refractivity contribution in [2.75, 3.05) is 10.6 Å². The van der Waals surface area contributed by atoms with Gasteiger partial charge in [-0.1, -0.05) is 30.3 Å². The summed E-state index contributed by atoms with van der Waals surface area (Å²) in [5, 5.41) is 6.06. The van der Waals surface area contributed by atoms with E-state index in [1.165, 1.54) is 0 Å². The van der Waals surface area contributed by atoms with Crippen molar-refractivity contribution >= 4 is 17.1 Å². The molecule has 0 aliphatic carbocycles. The smallest absolute Gasteiger partial charge is 0.253 e. The standard InChI is InChI=1S/C17H15N3O2/c1-11(12-6-3-2-4-7-12)19-14-15(17(22)16(14)21)20-13-8-5-9-18-10-13/h2-11,19-20H,1H3/t11-/m1/s1. The highest BCUT2D eigenvalue weighted by Crippen LogP contribution is 2.24. The van der Waals surface area contributed by atoms with Gasteiger partial charge in [0.2, 0.25) is 0 Å². The van der Waals surface area contributed by atoms with Gasteiger partial charge < -0.3 is 10.6 Å². The molecule has 110 valence electrons. The minimum Gasteiger partial charge on any atom is -0.373 e. The number of benzene rings is 1. The van der Waals surface area contributed by atoms with E-state index >= 15 is 0 Å². The van der Waals surface area contributed by atoms with Crippen molar-refractivity contribution in [1.82, 2.24) is 4.98 Å². The van der Waals surface area contributed by atoms with Crippen molar-refractivity contribution in [3.63, 3.8) is 0 Å². The average Bonchev–Trinajstić information content (AvgIpc) is 2.59. The van der Waals surface area contributed by atoms with Gasteiger partial charge in [-0.2, -0.15) is 0 Å². The minimum absolute atomic E-state index is 0.0704. The second kappa shape index (κ2) is 5.81. The number of anilines is 3. The lowest BCUT2D eigenvalue weighted by Crippen LogP contribution is -2.37. The molecule has 1 atom stereocenters. The molecule has 3 aromatic rings. The molecule has 0 aliphatic heterocycles. The molecular formula is C17H15N3O2. The second-order valence-corrected chi connectivity index (χ2v) is 5.05. The lowest BCUT2D eigenvalue weighted by molar-refractivity contribution is 0.880. The molecule has 1 aromatic heterocycles. The molecule has 2 aromatic carbocycles. The van der Waals surface area contributed by atoms with Crippen LogP contribution < -0.4 is 21.5 Å². The van der Waals surface area contributed by atoms with E-state index < -0.39 is 10.9 Å². The Morgan fingerprint density at radius 2 is 1.68 bits per heavy atom. The van der Waals surface area contributed by atoms with Crippen LogP contribution in [0.2, 0.25) is 0 Å². The Bertz CT molecular complexity index is 837. The molecule has 0 bridgehead atoms. The monoisotopic (exact) mass is 293 g/mol. The van der Waals surface area contributed by atoms with Gasteiger partial charge in [0, 0.05) is 12.2 Å². The van der Waals surface area contributed by atoms with Crippen LogP contribution in [0.3, 0.4) is 0 Å². The van der Waals surface area contributed by atoms with Crippen LogP contribution in [0.15, 0.2) is 64.4 Å². The first-order valence-electron chi connectivity index (χ1n) is 6.98. The summed E-state index contributed by atoms with van der Waals surface area (Å²) in [6, 6.07) is 13.2. The largest absolute Gasteiger partial charge is 0.373 e. The van der Waals surface area contributed by atoms with E-state index in [1.54, 1.807) is 24.5 Å². The Balaban J connectivity index is 1.82. The van der Waals surface area contributed by atoms with Crippen LogP contribution in [-0.2, 0) is 0 Å². The van der Waals surface area contributed by atoms with Crippen molar-refractivity contribution in [3.05, 3.63) is 80.9 Å². The van der Waals surface area contributed by atoms with E-state index in [9.17, 15) is 9.59 Å². The zero-order chi connectivity index (χ0) is 15.5. The number of nitrogens with zero attached hydrogens (tertiary/aromatic N) is 1. The molecular weight excluding hydrogens is 278 g/mol. The normalized spacial score (nSPS) is 12.0. The Morgan fingerprint density at radius 3 is 2.36 bits per heavy atom. The quantitative estimate of drug-likeness (QED) is 0.708. The molecule has 5 heteroatoms. The molecule has 2 N–H and O–H groups in total. The van der Waals surface area contributed by atoms with Gasteiger partial charge >= 0.3 is 0 Å². The maximum Gasteiger partial charge on any atom is 0.253 e. The highest BCUT2D eigenvalue weighted by Gasteiger charge is 2.22. The fraction of sp³-hybridized carbons (Fsp3) is 0.118. The van der Waals surface area contributed by atoms with Crippen molar-refractivity contribution in [2.45, 2.75) is 13.0 Å². The summed E-state index contributed by atoms with van der Waals surface area (Å²) >= 11 is 0. The van der Waals surface area contributed by atoms with Gasteiger partial charge in [-0.25, -0.2) is 0 Å². The second-order valence-electron chi connectivity index (χ2n) is 5.05. The number of pyridine rings is 1. The summed E-state index contributed by atoms with van der Waals surface area (Å²) in [7, 11) is 0. The van der Waals surface area contributed by atoms with Crippen molar-refractivity contribution in [2.24, 2.45) is 0 Å². The van der Waals surface area contributed by atoms with E-state index in [1.807, 2.05) is 37.3 Å². The number of hydrogen-bond acceptors (Lipinski definition) is 5. The van der Waals surface area contributed by atoms with Crippen LogP contribution >= 0.6 is 0 Å². The third-order valence-electron chi connectivity index (χ3n) is 3.50. The highest BCUT2D eigenvalue weighted by atomic mass is 16.2. The molecule has 5 nitrogen and oxygen atoms in total. The summed E-state index contributed by atoms with van der Waals surface area (Å²) in [5.74, 6) is 0. The first-order chi connectivity index (χ1) is 10.7. The predicted octanol–water partition coefficient (Wildman–Crippen LogP) is 2.59. The van der Waals surface area contributed by atoms with Crippen molar-refractivity contribution < 1.29 is 0 Å². The van der Waals surface area contributed by atoms with E-state index in [0.717, 1.165) is 5.56 Å². The molecule has 0 saturated carbocycles. The molecule has 22 heavy (non-hydrogen) atoms. The SMILES string of the molecule is C[C@@H](Nc1c(Nc2cccnc2)c(=O)c1=O)c1ccccc1. The van der Waals surface area contributed by atoms with Crippen LogP contribution in [-0.4, -0.2) is 4.98 Å². The molecule has 0 aliphatic rings. The molecule has 0 spiro atoms. The van der Waals surface area contributed by atoms with E-state index in [2.05, 4.69) is 15.6 Å². The zero-order valence-electron chi connectivity index (χ0n) is 12.0. The molecule has 0 amide bonds. The van der Waals surface area contributed by atoms with Crippen LogP contribution in [0, 0.1) is 0 Å². The third kappa shape index (κ3) is 2.61. The predicted molar refractivity (Wildman–Crippen MR) is 87.4 cm³/mol. The molecule has 0 unspecified atom stereocenters. The Morgan fingerprint density at radius 1 is 0.955 bits per heavy atom. The fourth-order valence-corrected chi connectivity index (χ4v) is 2.27. The Labute approximate surface area is 127 Å². The van der Waals surface area contributed by atoms with Gasteiger partial charge in [-0.3, -0.25) is 14.6 Å². The number of rotatable bonds is 5. The Hall–Kier alpha value is -2.95. The summed E-state index contributed by atoms with van der Waals surface area (Å²) in [5.41, 5.74) is 1.33. The summed E-state index contributed by atoms with van der Waals surface area (Å²) in [6.45, 7) is 1.94. The van der Waals surface area contributed by atoms with Gasteiger partial charge in [0.05, 0.1) is 11.9 Å². The van der Waals surface area contributed by atoms with Crippen LogP contribution in [0.5, 0.6) is 0 Å². The van der Waals surface area contributed by atoms with Crippen molar-refractivity contribution in [1.29, 1.82) is 0 Å². The highest BCUT2D eigenvalue weighted by molar-refractivity contribution is 5.78. The van der Waals surface area contributed by atoms with Gasteiger partial charge in [0.15, 0.2) is 0 Å². The number of aromatic nitrogens is 1. The molecule has 1 heterocycles. The molecule has 3 rings (SSSR count). The van der Waals surface area contributed by atoms with Gasteiger partial charge in [0.25, 0.3) is 10.9 Å². The number of hydrogen-bond donors (Lipinski definition) is 2. The van der Waals surface area contributed by atoms with Crippen LogP contribution in [0.25, 0.3) is 0 Å². The molecule has 0 fully saturated rings. The lowest BCUT2D eigenvalue weighted by Gasteiger charge is -2.19. The number of nitrogens with one attached hydrogen (secondary N) is 2. The van der Waals surface area contributed by atoms with Gasteiger partial charge in [0.1, 0.15) is 11.4 Å². The van der Waals surface area contributed by atoms with E-state index in [0.29, 0.717) is 17.1 Å². The first-order valence-corrected chi connectivity index (χ1v) is 6.98. The third-order valence-corrected chi connectivity index (χ3v) is 3.50. The maximum atomic E-state index is 11.8. The molecule has 0 saturated heterocycles. The van der Waals surface area contributed by atoms with Gasteiger partial charge in [-0.15, -0.1) is 0 Å². The average molecular weight is 293 g/mol. The molecule has 0 radical (unpaired) electrons. The minimum atomic E-state index is -0.508. The van der Waals surface area contributed by atoms with Gasteiger partial charge in [-0.05, 0) is 24.6 Å². The van der Waals surface area contributed by atoms with E-state index in [-0.39, 0.29) is 6.04 Å². The van der Waals surface area contributed by atoms with Crippen molar-refractivity contribution in [3.8, 4) is 0 Å².